The van der Waals surface area contributed by atoms with Crippen molar-refractivity contribution in [2.75, 3.05) is 0 Å². The van der Waals surface area contributed by atoms with Crippen molar-refractivity contribution in [3.63, 3.8) is 0 Å². The number of rotatable bonds is 4. The molecule has 0 bridgehead atoms. The van der Waals surface area contributed by atoms with Crippen molar-refractivity contribution in [1.82, 2.24) is 15.0 Å². The molecule has 0 saturated carbocycles. The smallest absolute Gasteiger partial charge is 0.164 e. The van der Waals surface area contributed by atoms with Crippen molar-refractivity contribution in [1.29, 1.82) is 0 Å². The van der Waals surface area contributed by atoms with E-state index in [9.17, 15) is 0 Å². The molecule has 0 amide bonds. The van der Waals surface area contributed by atoms with Gasteiger partial charge in [-0.1, -0.05) is 133 Å². The molecule has 3 heterocycles. The highest BCUT2D eigenvalue weighted by atomic mass is 32.1. The lowest BCUT2D eigenvalue weighted by molar-refractivity contribution is 0.674. The summed E-state index contributed by atoms with van der Waals surface area (Å²) in [5.41, 5.74) is 6.77. The zero-order chi connectivity index (χ0) is 31.6. The second kappa shape index (κ2) is 10.7. The molecule has 48 heavy (non-hydrogen) atoms. The first-order valence-corrected chi connectivity index (χ1v) is 16.8. The predicted octanol–water partition coefficient (Wildman–Crippen LogP) is 12.0. The summed E-state index contributed by atoms with van der Waals surface area (Å²) >= 11 is 1.79. The van der Waals surface area contributed by atoms with Gasteiger partial charge in [-0.2, -0.15) is 0 Å². The Balaban J connectivity index is 1.24. The zero-order valence-electron chi connectivity index (χ0n) is 25.6. The van der Waals surface area contributed by atoms with Crippen molar-refractivity contribution in [3.05, 3.63) is 152 Å². The maximum Gasteiger partial charge on any atom is 0.164 e. The van der Waals surface area contributed by atoms with Gasteiger partial charge in [-0.15, -0.1) is 11.3 Å². The lowest BCUT2D eigenvalue weighted by Crippen LogP contribution is -2.00. The predicted molar refractivity (Wildman–Crippen MR) is 199 cm³/mol. The van der Waals surface area contributed by atoms with Gasteiger partial charge < -0.3 is 4.42 Å². The molecule has 224 valence electrons. The molecular weight excluding hydrogens is 607 g/mol. The fraction of sp³-hybridized carbons (Fsp3) is 0. The third kappa shape index (κ3) is 4.25. The Morgan fingerprint density at radius 3 is 1.77 bits per heavy atom. The van der Waals surface area contributed by atoms with Gasteiger partial charge in [-0.05, 0) is 29.1 Å². The molecule has 0 aliphatic heterocycles. The van der Waals surface area contributed by atoms with Gasteiger partial charge in [0.05, 0.1) is 0 Å². The first kappa shape index (κ1) is 27.0. The Hall–Kier alpha value is -6.17. The number of hydrogen-bond donors (Lipinski definition) is 0. The zero-order valence-corrected chi connectivity index (χ0v) is 26.4. The summed E-state index contributed by atoms with van der Waals surface area (Å²) in [5, 5.41) is 6.66. The van der Waals surface area contributed by atoms with Crippen LogP contribution < -0.4 is 0 Å². The average molecular weight is 632 g/mol. The maximum absolute atomic E-state index is 6.74. The van der Waals surface area contributed by atoms with Gasteiger partial charge in [0, 0.05) is 58.6 Å². The second-order valence-electron chi connectivity index (χ2n) is 12.0. The number of aromatic nitrogens is 3. The highest BCUT2D eigenvalue weighted by Crippen LogP contribution is 2.42. The monoisotopic (exact) mass is 631 g/mol. The van der Waals surface area contributed by atoms with E-state index in [1.54, 1.807) is 11.3 Å². The van der Waals surface area contributed by atoms with E-state index in [1.807, 2.05) is 36.4 Å². The molecule has 0 spiro atoms. The largest absolute Gasteiger partial charge is 0.455 e. The maximum atomic E-state index is 6.74. The molecule has 0 unspecified atom stereocenters. The molecule has 0 saturated heterocycles. The lowest BCUT2D eigenvalue weighted by Gasteiger charge is -2.11. The lowest BCUT2D eigenvalue weighted by atomic mass is 9.98. The number of nitrogens with zero attached hydrogens (tertiary/aromatic N) is 3. The minimum atomic E-state index is 0.627. The van der Waals surface area contributed by atoms with Crippen LogP contribution in [0.2, 0.25) is 0 Å². The van der Waals surface area contributed by atoms with Crippen LogP contribution in [-0.2, 0) is 0 Å². The van der Waals surface area contributed by atoms with E-state index in [1.165, 1.54) is 20.2 Å². The SMILES string of the molecule is c1ccc(-c2nc(-c3ccc4c(c3)sc3ccccc34)nc(-c3cc4c5cccc(-c6ccccc6)c5oc4c4ccccc34)n2)cc1. The summed E-state index contributed by atoms with van der Waals surface area (Å²) in [5.74, 6) is 1.91. The summed E-state index contributed by atoms with van der Waals surface area (Å²) in [6, 6.07) is 52.6. The van der Waals surface area contributed by atoms with Crippen LogP contribution in [0.5, 0.6) is 0 Å². The van der Waals surface area contributed by atoms with Gasteiger partial charge >= 0.3 is 0 Å². The van der Waals surface area contributed by atoms with Crippen LogP contribution in [-0.4, -0.2) is 15.0 Å². The quantitative estimate of drug-likeness (QED) is 0.194. The number of hydrogen-bond acceptors (Lipinski definition) is 5. The van der Waals surface area contributed by atoms with E-state index in [-0.39, 0.29) is 0 Å². The molecule has 7 aromatic carbocycles. The normalized spacial score (nSPS) is 11.8. The minimum absolute atomic E-state index is 0.627. The number of fused-ring (bicyclic) bond motifs is 8. The highest BCUT2D eigenvalue weighted by Gasteiger charge is 2.20. The Morgan fingerprint density at radius 2 is 0.958 bits per heavy atom. The minimum Gasteiger partial charge on any atom is -0.455 e. The topological polar surface area (TPSA) is 51.8 Å². The van der Waals surface area contributed by atoms with Crippen LogP contribution in [0.15, 0.2) is 156 Å². The molecule has 0 aliphatic rings. The van der Waals surface area contributed by atoms with Crippen LogP contribution in [0.3, 0.4) is 0 Å². The summed E-state index contributed by atoms with van der Waals surface area (Å²) in [6.45, 7) is 0. The molecular formula is C43H25N3OS. The number of thiophene rings is 1. The first-order valence-electron chi connectivity index (χ1n) is 15.9. The number of para-hydroxylation sites is 1. The van der Waals surface area contributed by atoms with Crippen molar-refractivity contribution in [2.24, 2.45) is 0 Å². The first-order chi connectivity index (χ1) is 23.8. The Bertz CT molecular complexity index is 2840. The van der Waals surface area contributed by atoms with Crippen molar-refractivity contribution >= 4 is 64.2 Å². The molecule has 4 nitrogen and oxygen atoms in total. The molecule has 10 aromatic rings. The summed E-state index contributed by atoms with van der Waals surface area (Å²) < 4.78 is 9.22. The van der Waals surface area contributed by atoms with Crippen molar-refractivity contribution in [3.8, 4) is 45.3 Å². The van der Waals surface area contributed by atoms with Crippen LogP contribution in [0.1, 0.15) is 0 Å². The molecule has 0 atom stereocenters. The van der Waals surface area contributed by atoms with Crippen LogP contribution >= 0.6 is 11.3 Å². The standard InChI is InChI=1S/C43H25N3OS/c1-3-12-26(13-4-1)29-19-11-20-34-35-25-36(30-16-7-8-18-33(30)40(35)47-39(29)34)43-45-41(27-14-5-2-6-15-27)44-42(46-43)28-22-23-32-31-17-9-10-21-37(31)48-38(32)24-28/h1-25H. The molecule has 0 radical (unpaired) electrons. The van der Waals surface area contributed by atoms with Crippen LogP contribution in [0, 0.1) is 0 Å². The third-order valence-electron chi connectivity index (χ3n) is 9.13. The van der Waals surface area contributed by atoms with Crippen molar-refractivity contribution in [2.45, 2.75) is 0 Å². The van der Waals surface area contributed by atoms with Gasteiger partial charge in [-0.25, -0.2) is 15.0 Å². The molecule has 0 fully saturated rings. The summed E-state index contributed by atoms with van der Waals surface area (Å²) in [7, 11) is 0. The molecule has 10 rings (SSSR count). The van der Waals surface area contributed by atoms with E-state index in [0.717, 1.165) is 60.5 Å². The van der Waals surface area contributed by atoms with E-state index in [4.69, 9.17) is 19.4 Å². The molecule has 0 N–H and O–H groups in total. The third-order valence-corrected chi connectivity index (χ3v) is 10.3. The Labute approximate surface area is 279 Å². The van der Waals surface area contributed by atoms with E-state index in [2.05, 4.69) is 115 Å². The highest BCUT2D eigenvalue weighted by molar-refractivity contribution is 7.25. The summed E-state index contributed by atoms with van der Waals surface area (Å²) in [6.07, 6.45) is 0. The van der Waals surface area contributed by atoms with Crippen LogP contribution in [0.4, 0.5) is 0 Å². The van der Waals surface area contributed by atoms with Gasteiger partial charge in [0.25, 0.3) is 0 Å². The molecule has 0 aliphatic carbocycles. The molecule has 3 aromatic heterocycles. The average Bonchev–Trinajstić information content (AvgIpc) is 3.73. The summed E-state index contributed by atoms with van der Waals surface area (Å²) in [4.78, 5) is 15.4. The Morgan fingerprint density at radius 1 is 0.354 bits per heavy atom. The number of furan rings is 1. The second-order valence-corrected chi connectivity index (χ2v) is 13.1. The van der Waals surface area contributed by atoms with Crippen LogP contribution in [0.25, 0.3) is 98.2 Å². The Kier molecular flexibility index (Phi) is 6.01. The van der Waals surface area contributed by atoms with Gasteiger partial charge in [0.1, 0.15) is 11.2 Å². The van der Waals surface area contributed by atoms with E-state index >= 15 is 0 Å². The van der Waals surface area contributed by atoms with E-state index < -0.39 is 0 Å². The van der Waals surface area contributed by atoms with E-state index in [0.29, 0.717) is 17.5 Å². The van der Waals surface area contributed by atoms with Gasteiger partial charge in [0.15, 0.2) is 17.5 Å². The fourth-order valence-corrected chi connectivity index (χ4v) is 8.00. The molecule has 5 heteroatoms. The van der Waals surface area contributed by atoms with Gasteiger partial charge in [-0.3, -0.25) is 0 Å². The fourth-order valence-electron chi connectivity index (χ4n) is 6.86. The van der Waals surface area contributed by atoms with Gasteiger partial charge in [0.2, 0.25) is 0 Å². The number of benzene rings is 7. The van der Waals surface area contributed by atoms with Crippen molar-refractivity contribution < 1.29 is 4.42 Å².